The molecule has 1 N–H and O–H groups in total. The number of nitrogens with one attached hydrogen (secondary N) is 1. The molecule has 0 spiro atoms. The molecule has 2 saturated heterocycles. The van der Waals surface area contributed by atoms with Crippen molar-refractivity contribution >= 4 is 0 Å². The zero-order chi connectivity index (χ0) is 13.1. The molecule has 1 aliphatic carbocycles. The van der Waals surface area contributed by atoms with E-state index in [1.807, 2.05) is 0 Å². The molecule has 19 heavy (non-hydrogen) atoms. The third kappa shape index (κ3) is 3.16. The maximum atomic E-state index is 6.13. The van der Waals surface area contributed by atoms with Gasteiger partial charge in [-0.05, 0) is 51.0 Å². The van der Waals surface area contributed by atoms with E-state index in [-0.39, 0.29) is 0 Å². The largest absolute Gasteiger partial charge is 0.375 e. The van der Waals surface area contributed by atoms with E-state index in [4.69, 9.17) is 4.74 Å². The van der Waals surface area contributed by atoms with Crippen molar-refractivity contribution < 1.29 is 4.74 Å². The number of hydrogen-bond acceptors (Lipinski definition) is 2. The van der Waals surface area contributed by atoms with Crippen molar-refractivity contribution in [3.8, 4) is 0 Å². The first-order valence-electron chi connectivity index (χ1n) is 8.77. The molecule has 110 valence electrons. The van der Waals surface area contributed by atoms with Gasteiger partial charge in [-0.15, -0.1) is 0 Å². The molecule has 0 amide bonds. The quantitative estimate of drug-likeness (QED) is 0.761. The van der Waals surface area contributed by atoms with Gasteiger partial charge in [-0.2, -0.15) is 0 Å². The molecule has 0 aromatic carbocycles. The summed E-state index contributed by atoms with van der Waals surface area (Å²) in [6.07, 6.45) is 15.2. The van der Waals surface area contributed by atoms with Gasteiger partial charge in [-0.25, -0.2) is 0 Å². The van der Waals surface area contributed by atoms with E-state index >= 15 is 0 Å². The molecule has 3 aliphatic rings. The SMILES string of the molecule is CCCNC(C1CCCCCC1)C1CC2CCC1O2. The maximum absolute atomic E-state index is 6.13. The van der Waals surface area contributed by atoms with Crippen molar-refractivity contribution in [1.82, 2.24) is 5.32 Å². The van der Waals surface area contributed by atoms with Crippen molar-refractivity contribution in [2.24, 2.45) is 11.8 Å². The molecular weight excluding hydrogens is 234 g/mol. The Hall–Kier alpha value is -0.0800. The van der Waals surface area contributed by atoms with Crippen LogP contribution in [0.1, 0.15) is 71.1 Å². The second kappa shape index (κ2) is 6.58. The lowest BCUT2D eigenvalue weighted by Gasteiger charge is -2.35. The van der Waals surface area contributed by atoms with Crippen LogP contribution in [0.5, 0.6) is 0 Å². The molecule has 3 rings (SSSR count). The highest BCUT2D eigenvalue weighted by molar-refractivity contribution is 4.97. The lowest BCUT2D eigenvalue weighted by Crippen LogP contribution is -2.46. The monoisotopic (exact) mass is 265 g/mol. The van der Waals surface area contributed by atoms with E-state index < -0.39 is 0 Å². The minimum absolute atomic E-state index is 0.586. The first kappa shape index (κ1) is 13.9. The zero-order valence-corrected chi connectivity index (χ0v) is 12.6. The number of fused-ring (bicyclic) bond motifs is 2. The Morgan fingerprint density at radius 2 is 1.84 bits per heavy atom. The molecule has 0 aromatic rings. The van der Waals surface area contributed by atoms with Crippen LogP contribution < -0.4 is 5.32 Å². The Kier molecular flexibility index (Phi) is 4.81. The molecule has 2 nitrogen and oxygen atoms in total. The molecule has 4 atom stereocenters. The molecule has 0 radical (unpaired) electrons. The van der Waals surface area contributed by atoms with Crippen LogP contribution in [0.25, 0.3) is 0 Å². The summed E-state index contributed by atoms with van der Waals surface area (Å²) in [4.78, 5) is 0. The van der Waals surface area contributed by atoms with Gasteiger partial charge in [0.2, 0.25) is 0 Å². The van der Waals surface area contributed by atoms with E-state index in [0.717, 1.165) is 17.9 Å². The summed E-state index contributed by atoms with van der Waals surface area (Å²) in [5.41, 5.74) is 0. The summed E-state index contributed by atoms with van der Waals surface area (Å²) in [6.45, 7) is 3.48. The van der Waals surface area contributed by atoms with E-state index in [1.165, 1.54) is 70.8 Å². The molecule has 2 heteroatoms. The van der Waals surface area contributed by atoms with Gasteiger partial charge in [0.15, 0.2) is 0 Å². The lowest BCUT2D eigenvalue weighted by molar-refractivity contribution is 0.0778. The molecule has 4 unspecified atom stereocenters. The average Bonchev–Trinajstić information content (AvgIpc) is 2.95. The fourth-order valence-electron chi connectivity index (χ4n) is 4.70. The summed E-state index contributed by atoms with van der Waals surface area (Å²) in [5, 5.41) is 3.91. The maximum Gasteiger partial charge on any atom is 0.0623 e. The smallest absolute Gasteiger partial charge is 0.0623 e. The van der Waals surface area contributed by atoms with Gasteiger partial charge in [-0.3, -0.25) is 0 Å². The zero-order valence-electron chi connectivity index (χ0n) is 12.6. The van der Waals surface area contributed by atoms with Crippen LogP contribution in [0.4, 0.5) is 0 Å². The fraction of sp³-hybridized carbons (Fsp3) is 1.00. The summed E-state index contributed by atoms with van der Waals surface area (Å²) in [6, 6.07) is 0.744. The van der Waals surface area contributed by atoms with Gasteiger partial charge >= 0.3 is 0 Å². The van der Waals surface area contributed by atoms with Gasteiger partial charge in [-0.1, -0.05) is 32.6 Å². The molecule has 2 heterocycles. The predicted octanol–water partition coefficient (Wildman–Crippen LogP) is 3.89. The van der Waals surface area contributed by atoms with Gasteiger partial charge in [0.25, 0.3) is 0 Å². The van der Waals surface area contributed by atoms with Crippen LogP contribution >= 0.6 is 0 Å². The normalized spacial score (nSPS) is 37.4. The Balaban J connectivity index is 1.65. The van der Waals surface area contributed by atoms with Crippen LogP contribution in [0.15, 0.2) is 0 Å². The highest BCUT2D eigenvalue weighted by Gasteiger charge is 2.45. The Labute approximate surface area is 118 Å². The molecule has 1 saturated carbocycles. The van der Waals surface area contributed by atoms with Gasteiger partial charge in [0.05, 0.1) is 12.2 Å². The van der Waals surface area contributed by atoms with Gasteiger partial charge in [0.1, 0.15) is 0 Å². The van der Waals surface area contributed by atoms with Crippen molar-refractivity contribution in [2.75, 3.05) is 6.54 Å². The van der Waals surface area contributed by atoms with E-state index in [1.54, 1.807) is 0 Å². The molecule has 2 aliphatic heterocycles. The molecule has 2 bridgehead atoms. The molecule has 0 aromatic heterocycles. The van der Waals surface area contributed by atoms with Crippen LogP contribution in [-0.4, -0.2) is 24.8 Å². The van der Waals surface area contributed by atoms with Gasteiger partial charge in [0, 0.05) is 12.0 Å². The van der Waals surface area contributed by atoms with Crippen LogP contribution in [0, 0.1) is 11.8 Å². The van der Waals surface area contributed by atoms with E-state index in [9.17, 15) is 0 Å². The number of rotatable bonds is 5. The van der Waals surface area contributed by atoms with Crippen molar-refractivity contribution in [2.45, 2.75) is 89.4 Å². The number of hydrogen-bond donors (Lipinski definition) is 1. The second-order valence-corrected chi connectivity index (χ2v) is 7.01. The third-order valence-corrected chi connectivity index (χ3v) is 5.65. The minimum Gasteiger partial charge on any atom is -0.375 e. The van der Waals surface area contributed by atoms with Gasteiger partial charge < -0.3 is 10.1 Å². The van der Waals surface area contributed by atoms with Crippen LogP contribution in [0.2, 0.25) is 0 Å². The van der Waals surface area contributed by atoms with Crippen molar-refractivity contribution in [1.29, 1.82) is 0 Å². The third-order valence-electron chi connectivity index (χ3n) is 5.65. The summed E-state index contributed by atoms with van der Waals surface area (Å²) in [5.74, 6) is 1.73. The lowest BCUT2D eigenvalue weighted by atomic mass is 9.76. The highest BCUT2D eigenvalue weighted by atomic mass is 16.5. The average molecular weight is 265 g/mol. The van der Waals surface area contributed by atoms with E-state index in [0.29, 0.717) is 12.2 Å². The molecule has 3 fully saturated rings. The van der Waals surface area contributed by atoms with Crippen LogP contribution in [0.3, 0.4) is 0 Å². The number of ether oxygens (including phenoxy) is 1. The summed E-state index contributed by atoms with van der Waals surface area (Å²) in [7, 11) is 0. The van der Waals surface area contributed by atoms with Crippen LogP contribution in [-0.2, 0) is 4.74 Å². The van der Waals surface area contributed by atoms with Crippen molar-refractivity contribution in [3.05, 3.63) is 0 Å². The Bertz CT molecular complexity index is 272. The standard InChI is InChI=1S/C17H31NO/c1-2-11-18-17(13-7-5-3-4-6-8-13)15-12-14-9-10-16(15)19-14/h13-18H,2-12H2,1H3. The Morgan fingerprint density at radius 1 is 1.05 bits per heavy atom. The van der Waals surface area contributed by atoms with Crippen molar-refractivity contribution in [3.63, 3.8) is 0 Å². The first-order valence-corrected chi connectivity index (χ1v) is 8.77. The first-order chi connectivity index (χ1) is 9.38. The van der Waals surface area contributed by atoms with E-state index in [2.05, 4.69) is 12.2 Å². The summed E-state index contributed by atoms with van der Waals surface area (Å²) < 4.78 is 6.13. The summed E-state index contributed by atoms with van der Waals surface area (Å²) >= 11 is 0. The Morgan fingerprint density at radius 3 is 2.42 bits per heavy atom. The highest BCUT2D eigenvalue weighted by Crippen LogP contribution is 2.43. The second-order valence-electron chi connectivity index (χ2n) is 7.01. The fourth-order valence-corrected chi connectivity index (χ4v) is 4.70. The predicted molar refractivity (Wildman–Crippen MR) is 79.3 cm³/mol. The minimum atomic E-state index is 0.586. The topological polar surface area (TPSA) is 21.3 Å². The molecular formula is C17H31NO.